The van der Waals surface area contributed by atoms with Crippen LogP contribution in [0.25, 0.3) is 0 Å². The predicted octanol–water partition coefficient (Wildman–Crippen LogP) is 2.53. The molecule has 0 aromatic heterocycles. The molecule has 10 aliphatic rings. The molecule has 10 fully saturated rings. The third-order valence-electron chi connectivity index (χ3n) is 9.34. The summed E-state index contributed by atoms with van der Waals surface area (Å²) in [7, 11) is 0. The maximum absolute atomic E-state index is 13.5. The molecule has 8 unspecified atom stereocenters. The predicted molar refractivity (Wildman–Crippen MR) is 140 cm³/mol. The Morgan fingerprint density at radius 2 is 1.00 bits per heavy atom. The molecular weight excluding hydrogens is 520 g/mol. The van der Waals surface area contributed by atoms with E-state index >= 15 is 0 Å². The van der Waals surface area contributed by atoms with Crippen molar-refractivity contribution in [2.45, 2.75) is 152 Å². The van der Waals surface area contributed by atoms with Crippen LogP contribution >= 0.6 is 0 Å². The Balaban J connectivity index is 1.25. The van der Waals surface area contributed by atoms with Gasteiger partial charge in [0, 0.05) is 24.9 Å². The molecule has 12 nitrogen and oxygen atoms in total. The zero-order chi connectivity index (χ0) is 28.8. The number of esters is 2. The Morgan fingerprint density at radius 1 is 0.625 bits per heavy atom. The Bertz CT molecular complexity index is 1030. The number of piperazine rings is 2. The summed E-state index contributed by atoms with van der Waals surface area (Å²) in [6, 6.07) is -0.878. The molecule has 0 saturated carbocycles. The van der Waals surface area contributed by atoms with Crippen LogP contribution in [0.4, 0.5) is 9.59 Å². The molecule has 0 spiro atoms. The maximum atomic E-state index is 13.5. The van der Waals surface area contributed by atoms with Crippen LogP contribution in [0, 0.1) is 0 Å². The Morgan fingerprint density at radius 3 is 1.35 bits per heavy atom. The standard InChI is InChI=1S/C28H42N4O8/c1-25(2,3)39-23(35)31-17-7-9-19-27(31,13-11-15(17)29-19)37-21(33)22(34)38-28-14-12-16-18(8-10-20(28)30-16)32(28)24(36)40-26(4,5)6/h15-20,29-30H,7-14H2,1-6H3. The van der Waals surface area contributed by atoms with Gasteiger partial charge in [0.1, 0.15) is 11.2 Å². The Kier molecular flexibility index (Phi) is 6.17. The lowest BCUT2D eigenvalue weighted by Gasteiger charge is -2.65. The number of amides is 2. The Labute approximate surface area is 234 Å². The summed E-state index contributed by atoms with van der Waals surface area (Å²) in [5.74, 6) is -2.35. The molecule has 10 saturated heterocycles. The molecule has 0 radical (unpaired) electrons. The molecule has 0 aromatic carbocycles. The number of hydrogen-bond donors (Lipinski definition) is 2. The van der Waals surface area contributed by atoms with E-state index in [-0.39, 0.29) is 36.3 Å². The topological polar surface area (TPSA) is 136 Å². The third-order valence-corrected chi connectivity index (χ3v) is 9.34. The van der Waals surface area contributed by atoms with E-state index in [4.69, 9.17) is 18.9 Å². The fourth-order valence-electron chi connectivity index (χ4n) is 8.02. The lowest BCUT2D eigenvalue weighted by molar-refractivity contribution is -0.261. The van der Waals surface area contributed by atoms with E-state index in [1.54, 1.807) is 51.3 Å². The average molecular weight is 563 g/mol. The van der Waals surface area contributed by atoms with Crippen molar-refractivity contribution >= 4 is 24.1 Å². The highest BCUT2D eigenvalue weighted by Crippen LogP contribution is 2.50. The minimum absolute atomic E-state index is 0.0825. The summed E-state index contributed by atoms with van der Waals surface area (Å²) in [4.78, 5) is 56.9. The van der Waals surface area contributed by atoms with Crippen LogP contribution in [-0.4, -0.2) is 92.8 Å². The molecule has 2 amide bonds. The number of piperidine rings is 8. The van der Waals surface area contributed by atoms with Gasteiger partial charge in [-0.15, -0.1) is 0 Å². The first-order valence-corrected chi connectivity index (χ1v) is 14.7. The fourth-order valence-corrected chi connectivity index (χ4v) is 8.02. The number of carbonyl (C=O) groups is 4. The van der Waals surface area contributed by atoms with Crippen LogP contribution in [0.2, 0.25) is 0 Å². The lowest BCUT2D eigenvalue weighted by atomic mass is 9.70. The Hall–Kier alpha value is -2.60. The summed E-state index contributed by atoms with van der Waals surface area (Å²) >= 11 is 0. The number of rotatable bonds is 2. The van der Waals surface area contributed by atoms with E-state index in [1.807, 2.05) is 0 Å². The second-order valence-corrected chi connectivity index (χ2v) is 14.2. The first-order chi connectivity index (χ1) is 18.6. The monoisotopic (exact) mass is 562 g/mol. The lowest BCUT2D eigenvalue weighted by Crippen LogP contribution is -2.83. The van der Waals surface area contributed by atoms with E-state index in [0.29, 0.717) is 38.5 Å². The van der Waals surface area contributed by atoms with Crippen molar-refractivity contribution < 1.29 is 38.1 Å². The fraction of sp³-hybridized carbons (Fsp3) is 0.857. The molecule has 2 N–H and O–H groups in total. The van der Waals surface area contributed by atoms with Gasteiger partial charge >= 0.3 is 24.1 Å². The quantitative estimate of drug-likeness (QED) is 0.294. The highest BCUT2D eigenvalue weighted by Gasteiger charge is 2.67. The zero-order valence-corrected chi connectivity index (χ0v) is 24.3. The van der Waals surface area contributed by atoms with Crippen molar-refractivity contribution in [2.75, 3.05) is 0 Å². The minimum Gasteiger partial charge on any atom is -0.444 e. The molecule has 10 rings (SSSR count). The summed E-state index contributed by atoms with van der Waals surface area (Å²) in [6.07, 6.45) is 4.00. The van der Waals surface area contributed by atoms with Crippen LogP contribution in [0.15, 0.2) is 0 Å². The summed E-state index contributed by atoms with van der Waals surface area (Å²) in [5, 5.41) is 7.00. The first kappa shape index (κ1) is 27.6. The van der Waals surface area contributed by atoms with Crippen molar-refractivity contribution in [3.63, 3.8) is 0 Å². The van der Waals surface area contributed by atoms with Crippen molar-refractivity contribution in [3.05, 3.63) is 0 Å². The third kappa shape index (κ3) is 4.24. The first-order valence-electron chi connectivity index (χ1n) is 14.7. The van der Waals surface area contributed by atoms with Gasteiger partial charge in [-0.2, -0.15) is 0 Å². The van der Waals surface area contributed by atoms with E-state index in [9.17, 15) is 19.2 Å². The van der Waals surface area contributed by atoms with Gasteiger partial charge in [-0.1, -0.05) is 0 Å². The van der Waals surface area contributed by atoms with Gasteiger partial charge in [0.2, 0.25) is 11.4 Å². The van der Waals surface area contributed by atoms with E-state index < -0.39 is 46.8 Å². The molecule has 10 aliphatic heterocycles. The molecule has 8 bridgehead atoms. The summed E-state index contributed by atoms with van der Waals surface area (Å²) in [5.41, 5.74) is -4.16. The molecule has 12 heteroatoms. The summed E-state index contributed by atoms with van der Waals surface area (Å²) < 4.78 is 23.4. The highest BCUT2D eigenvalue weighted by molar-refractivity contribution is 6.30. The number of ether oxygens (including phenoxy) is 4. The average Bonchev–Trinajstić information content (AvgIpc) is 2.86. The van der Waals surface area contributed by atoms with E-state index in [1.165, 1.54) is 0 Å². The highest BCUT2D eigenvalue weighted by atomic mass is 16.6. The van der Waals surface area contributed by atoms with Crippen molar-refractivity contribution in [2.24, 2.45) is 0 Å². The molecular formula is C28H42N4O8. The van der Waals surface area contributed by atoms with Gasteiger partial charge in [0.15, 0.2) is 0 Å². The second-order valence-electron chi connectivity index (χ2n) is 14.2. The van der Waals surface area contributed by atoms with Gasteiger partial charge in [0.05, 0.1) is 24.2 Å². The van der Waals surface area contributed by atoms with Gasteiger partial charge < -0.3 is 29.6 Å². The van der Waals surface area contributed by atoms with E-state index in [2.05, 4.69) is 10.6 Å². The molecule has 222 valence electrons. The van der Waals surface area contributed by atoms with Gasteiger partial charge in [-0.25, -0.2) is 19.2 Å². The number of nitrogens with one attached hydrogen (secondary N) is 2. The molecule has 8 atom stereocenters. The normalized spacial score (nSPS) is 39.2. The van der Waals surface area contributed by atoms with Crippen LogP contribution in [0.1, 0.15) is 92.9 Å². The van der Waals surface area contributed by atoms with Crippen LogP contribution in [-0.2, 0) is 28.5 Å². The molecule has 40 heavy (non-hydrogen) atoms. The van der Waals surface area contributed by atoms with Crippen LogP contribution < -0.4 is 10.6 Å². The van der Waals surface area contributed by atoms with Gasteiger partial charge in [0.25, 0.3) is 0 Å². The number of fused-ring (bicyclic) bond motifs is 4. The van der Waals surface area contributed by atoms with Crippen LogP contribution in [0.5, 0.6) is 0 Å². The minimum atomic E-state index is -1.35. The summed E-state index contributed by atoms with van der Waals surface area (Å²) in [6.45, 7) is 10.7. The molecule has 10 heterocycles. The maximum Gasteiger partial charge on any atom is 0.419 e. The van der Waals surface area contributed by atoms with Crippen molar-refractivity contribution in [3.8, 4) is 0 Å². The zero-order valence-electron chi connectivity index (χ0n) is 24.3. The van der Waals surface area contributed by atoms with Crippen LogP contribution in [0.3, 0.4) is 0 Å². The number of carbonyl (C=O) groups excluding carboxylic acids is 4. The van der Waals surface area contributed by atoms with Crippen molar-refractivity contribution in [1.82, 2.24) is 20.4 Å². The smallest absolute Gasteiger partial charge is 0.419 e. The number of hydrogen-bond acceptors (Lipinski definition) is 10. The van der Waals surface area contributed by atoms with E-state index in [0.717, 1.165) is 12.8 Å². The SMILES string of the molecule is CC(C)(C)OC(=O)N1C2CCC3NC2CCC31OC(=O)C(=O)OC12CCC3NC1CCC3N2C(=O)OC(C)(C)C. The molecule has 0 aliphatic carbocycles. The largest absolute Gasteiger partial charge is 0.444 e. The number of nitrogens with zero attached hydrogens (tertiary/aromatic N) is 2. The van der Waals surface area contributed by atoms with Gasteiger partial charge in [-0.3, -0.25) is 9.80 Å². The van der Waals surface area contributed by atoms with Crippen molar-refractivity contribution in [1.29, 1.82) is 0 Å². The second kappa shape index (κ2) is 8.95. The molecule has 0 aromatic rings. The van der Waals surface area contributed by atoms with Gasteiger partial charge in [-0.05, 0) is 80.1 Å².